The molecule has 0 spiro atoms. The summed E-state index contributed by atoms with van der Waals surface area (Å²) < 4.78 is 2.70. The first-order chi connectivity index (χ1) is 7.24. The van der Waals surface area contributed by atoms with Gasteiger partial charge in [-0.15, -0.1) is 0 Å². The molecule has 0 radical (unpaired) electrons. The third-order valence-electron chi connectivity index (χ3n) is 2.20. The van der Waals surface area contributed by atoms with Crippen LogP contribution in [-0.4, -0.2) is 17.7 Å². The van der Waals surface area contributed by atoms with Gasteiger partial charge in [0.25, 0.3) is 5.56 Å². The zero-order valence-electron chi connectivity index (χ0n) is 9.00. The smallest absolute Gasteiger partial charge is 0.250 e. The van der Waals surface area contributed by atoms with E-state index in [-0.39, 0.29) is 5.56 Å². The van der Waals surface area contributed by atoms with Gasteiger partial charge in [0, 0.05) is 23.3 Å². The second-order valence-electron chi connectivity index (χ2n) is 3.44. The second-order valence-corrected chi connectivity index (χ2v) is 4.36. The third kappa shape index (κ3) is 4.62. The third-order valence-corrected chi connectivity index (χ3v) is 2.67. The van der Waals surface area contributed by atoms with Crippen LogP contribution in [0.5, 0.6) is 0 Å². The van der Waals surface area contributed by atoms with Crippen LogP contribution in [0.3, 0.4) is 0 Å². The highest BCUT2D eigenvalue weighted by molar-refractivity contribution is 9.10. The molecule has 0 unspecified atom stereocenters. The number of rotatable bonds is 6. The molecule has 0 saturated carbocycles. The van der Waals surface area contributed by atoms with Crippen molar-refractivity contribution in [3.8, 4) is 0 Å². The number of nitrogens with zero attached hydrogens (tertiary/aromatic N) is 1. The van der Waals surface area contributed by atoms with E-state index in [1.165, 1.54) is 0 Å². The van der Waals surface area contributed by atoms with Gasteiger partial charge in [-0.3, -0.25) is 4.79 Å². The minimum Gasteiger partial charge on any atom is -0.317 e. The van der Waals surface area contributed by atoms with E-state index >= 15 is 0 Å². The van der Waals surface area contributed by atoms with Gasteiger partial charge in [-0.05, 0) is 47.9 Å². The van der Waals surface area contributed by atoms with Gasteiger partial charge in [-0.1, -0.05) is 6.92 Å². The summed E-state index contributed by atoms with van der Waals surface area (Å²) in [5, 5.41) is 3.26. The molecule has 0 aliphatic heterocycles. The Bertz CT molecular complexity index is 349. The molecule has 0 aromatic carbocycles. The molecule has 3 nitrogen and oxygen atoms in total. The van der Waals surface area contributed by atoms with Crippen LogP contribution < -0.4 is 10.9 Å². The van der Waals surface area contributed by atoms with Crippen molar-refractivity contribution in [3.63, 3.8) is 0 Å². The number of aryl methyl sites for hydroxylation is 1. The lowest BCUT2D eigenvalue weighted by molar-refractivity contribution is 0.565. The molecular formula is C11H17BrN2O. The average molecular weight is 273 g/mol. The molecule has 0 aliphatic carbocycles. The van der Waals surface area contributed by atoms with Crippen LogP contribution >= 0.6 is 15.9 Å². The summed E-state index contributed by atoms with van der Waals surface area (Å²) in [7, 11) is 0. The van der Waals surface area contributed by atoms with Gasteiger partial charge in [0.2, 0.25) is 0 Å². The zero-order chi connectivity index (χ0) is 11.1. The van der Waals surface area contributed by atoms with E-state index in [0.29, 0.717) is 0 Å². The van der Waals surface area contributed by atoms with Crippen molar-refractivity contribution < 1.29 is 0 Å². The molecule has 1 N–H and O–H groups in total. The monoisotopic (exact) mass is 272 g/mol. The van der Waals surface area contributed by atoms with Gasteiger partial charge in [0.1, 0.15) is 0 Å². The van der Waals surface area contributed by atoms with Gasteiger partial charge in [0.05, 0.1) is 0 Å². The van der Waals surface area contributed by atoms with Crippen LogP contribution in [0.1, 0.15) is 19.8 Å². The van der Waals surface area contributed by atoms with E-state index in [1.807, 2.05) is 6.20 Å². The van der Waals surface area contributed by atoms with Crippen LogP contribution in [0.2, 0.25) is 0 Å². The van der Waals surface area contributed by atoms with Crippen molar-refractivity contribution in [2.75, 3.05) is 13.1 Å². The number of hydrogen-bond acceptors (Lipinski definition) is 2. The van der Waals surface area contributed by atoms with E-state index in [1.54, 1.807) is 16.7 Å². The van der Waals surface area contributed by atoms with E-state index < -0.39 is 0 Å². The SMILES string of the molecule is CCNCCCCn1cc(Br)ccc1=O. The Morgan fingerprint density at radius 1 is 1.40 bits per heavy atom. The fraction of sp³-hybridized carbons (Fsp3) is 0.545. The molecule has 15 heavy (non-hydrogen) atoms. The lowest BCUT2D eigenvalue weighted by Gasteiger charge is -2.05. The number of pyridine rings is 1. The number of nitrogens with one attached hydrogen (secondary N) is 1. The highest BCUT2D eigenvalue weighted by Gasteiger charge is 1.96. The van der Waals surface area contributed by atoms with E-state index in [2.05, 4.69) is 28.2 Å². The first kappa shape index (κ1) is 12.5. The number of hydrogen-bond donors (Lipinski definition) is 1. The number of unbranched alkanes of at least 4 members (excludes halogenated alkanes) is 1. The van der Waals surface area contributed by atoms with Gasteiger partial charge in [-0.25, -0.2) is 0 Å². The summed E-state index contributed by atoms with van der Waals surface area (Å²) in [5.74, 6) is 0. The Morgan fingerprint density at radius 3 is 2.93 bits per heavy atom. The minimum atomic E-state index is 0.0710. The molecule has 1 aromatic rings. The maximum absolute atomic E-state index is 11.4. The Kier molecular flexibility index (Phi) is 5.65. The molecule has 0 fully saturated rings. The maximum Gasteiger partial charge on any atom is 0.250 e. The van der Waals surface area contributed by atoms with Crippen molar-refractivity contribution in [2.45, 2.75) is 26.3 Å². The Hall–Kier alpha value is -0.610. The molecule has 1 rings (SSSR count). The Morgan fingerprint density at radius 2 is 2.20 bits per heavy atom. The zero-order valence-corrected chi connectivity index (χ0v) is 10.6. The van der Waals surface area contributed by atoms with E-state index in [4.69, 9.17) is 0 Å². The fourth-order valence-corrected chi connectivity index (χ4v) is 1.77. The normalized spacial score (nSPS) is 10.5. The van der Waals surface area contributed by atoms with Crippen LogP contribution in [0.15, 0.2) is 27.6 Å². The molecule has 84 valence electrons. The number of aromatic nitrogens is 1. The van der Waals surface area contributed by atoms with Gasteiger partial charge < -0.3 is 9.88 Å². The predicted octanol–water partition coefficient (Wildman–Crippen LogP) is 2.00. The summed E-state index contributed by atoms with van der Waals surface area (Å²) in [6.07, 6.45) is 3.98. The Balaban J connectivity index is 2.37. The maximum atomic E-state index is 11.4. The lowest BCUT2D eigenvalue weighted by atomic mass is 10.3. The summed E-state index contributed by atoms with van der Waals surface area (Å²) in [4.78, 5) is 11.4. The number of halogens is 1. The van der Waals surface area contributed by atoms with Gasteiger partial charge >= 0.3 is 0 Å². The molecule has 0 bridgehead atoms. The molecule has 0 atom stereocenters. The first-order valence-electron chi connectivity index (χ1n) is 5.30. The summed E-state index contributed by atoms with van der Waals surface area (Å²) in [6.45, 7) is 4.93. The minimum absolute atomic E-state index is 0.0710. The quantitative estimate of drug-likeness (QED) is 0.804. The van der Waals surface area contributed by atoms with Crippen LogP contribution in [0.4, 0.5) is 0 Å². The van der Waals surface area contributed by atoms with Crippen molar-refractivity contribution in [3.05, 3.63) is 33.2 Å². The van der Waals surface area contributed by atoms with Crippen LogP contribution in [-0.2, 0) is 6.54 Å². The molecular weight excluding hydrogens is 256 g/mol. The Labute approximate surface area is 98.6 Å². The lowest BCUT2D eigenvalue weighted by Crippen LogP contribution is -2.19. The van der Waals surface area contributed by atoms with Crippen molar-refractivity contribution in [1.82, 2.24) is 9.88 Å². The first-order valence-corrected chi connectivity index (χ1v) is 6.10. The van der Waals surface area contributed by atoms with Crippen LogP contribution in [0, 0.1) is 0 Å². The largest absolute Gasteiger partial charge is 0.317 e. The fourth-order valence-electron chi connectivity index (χ4n) is 1.39. The average Bonchev–Trinajstić information content (AvgIpc) is 2.23. The van der Waals surface area contributed by atoms with E-state index in [9.17, 15) is 4.79 Å². The standard InChI is InChI=1S/C11H17BrN2O/c1-2-13-7-3-4-8-14-9-10(12)5-6-11(14)15/h5-6,9,13H,2-4,7-8H2,1H3. The summed E-state index contributed by atoms with van der Waals surface area (Å²) in [5.41, 5.74) is 0.0710. The van der Waals surface area contributed by atoms with Crippen molar-refractivity contribution in [1.29, 1.82) is 0 Å². The predicted molar refractivity (Wildman–Crippen MR) is 66.2 cm³/mol. The van der Waals surface area contributed by atoms with Crippen LogP contribution in [0.25, 0.3) is 0 Å². The molecule has 1 aromatic heterocycles. The van der Waals surface area contributed by atoms with Crippen molar-refractivity contribution in [2.24, 2.45) is 0 Å². The summed E-state index contributed by atoms with van der Waals surface area (Å²) in [6, 6.07) is 3.37. The second kappa shape index (κ2) is 6.80. The van der Waals surface area contributed by atoms with E-state index in [0.717, 1.165) is 36.9 Å². The molecule has 0 amide bonds. The van der Waals surface area contributed by atoms with Gasteiger partial charge in [0.15, 0.2) is 0 Å². The molecule has 0 saturated heterocycles. The van der Waals surface area contributed by atoms with Crippen molar-refractivity contribution >= 4 is 15.9 Å². The molecule has 1 heterocycles. The topological polar surface area (TPSA) is 34.0 Å². The highest BCUT2D eigenvalue weighted by atomic mass is 79.9. The molecule has 4 heteroatoms. The highest BCUT2D eigenvalue weighted by Crippen LogP contribution is 2.05. The summed E-state index contributed by atoms with van der Waals surface area (Å²) >= 11 is 3.36. The molecule has 0 aliphatic rings. The van der Waals surface area contributed by atoms with Gasteiger partial charge in [-0.2, -0.15) is 0 Å².